The summed E-state index contributed by atoms with van der Waals surface area (Å²) in [7, 11) is 0. The van der Waals surface area contributed by atoms with Gasteiger partial charge in [0.1, 0.15) is 0 Å². The highest BCUT2D eigenvalue weighted by atomic mass is 79.9. The van der Waals surface area contributed by atoms with E-state index in [0.717, 1.165) is 10.0 Å². The molecule has 1 saturated heterocycles. The van der Waals surface area contributed by atoms with E-state index in [1.54, 1.807) is 4.90 Å². The second-order valence-electron chi connectivity index (χ2n) is 6.39. The molecule has 0 unspecified atom stereocenters. The van der Waals surface area contributed by atoms with Crippen LogP contribution in [0.15, 0.2) is 28.7 Å². The molecule has 0 aliphatic carbocycles. The van der Waals surface area contributed by atoms with Crippen molar-refractivity contribution in [1.29, 1.82) is 0 Å². The molecule has 1 aromatic carbocycles. The number of carbonyl (C=O) groups is 3. The summed E-state index contributed by atoms with van der Waals surface area (Å²) in [4.78, 5) is 39.5. The Balaban J connectivity index is 1.79. The summed E-state index contributed by atoms with van der Waals surface area (Å²) in [5.41, 5.74) is 1.11. The molecule has 1 aliphatic rings. The van der Waals surface area contributed by atoms with Crippen LogP contribution in [0.3, 0.4) is 0 Å². The topological polar surface area (TPSA) is 69.7 Å². The third-order valence-corrected chi connectivity index (χ3v) is 4.87. The number of nitrogens with one attached hydrogen (secondary N) is 1. The van der Waals surface area contributed by atoms with E-state index in [4.69, 9.17) is 0 Å². The summed E-state index contributed by atoms with van der Waals surface area (Å²) in [6, 6.07) is 7.79. The van der Waals surface area contributed by atoms with Gasteiger partial charge >= 0.3 is 11.8 Å². The van der Waals surface area contributed by atoms with Gasteiger partial charge in [0.15, 0.2) is 0 Å². The number of nitrogens with zero attached hydrogens (tertiary/aromatic N) is 2. The average Bonchev–Trinajstić information content (AvgIpc) is 2.59. The van der Waals surface area contributed by atoms with Gasteiger partial charge in [-0.05, 0) is 31.9 Å². The van der Waals surface area contributed by atoms with E-state index >= 15 is 0 Å². The van der Waals surface area contributed by atoms with Crippen molar-refractivity contribution in [3.63, 3.8) is 0 Å². The zero-order valence-corrected chi connectivity index (χ0v) is 16.2. The van der Waals surface area contributed by atoms with Crippen LogP contribution in [0.5, 0.6) is 0 Å². The van der Waals surface area contributed by atoms with E-state index in [9.17, 15) is 14.4 Å². The molecule has 0 saturated carbocycles. The molecule has 136 valence electrons. The van der Waals surface area contributed by atoms with Gasteiger partial charge in [0.2, 0.25) is 5.91 Å². The molecule has 2 rings (SSSR count). The molecule has 0 radical (unpaired) electrons. The Kier molecular flexibility index (Phi) is 6.99. The number of hydrogen-bond donors (Lipinski definition) is 1. The lowest BCUT2D eigenvalue weighted by molar-refractivity contribution is -0.148. The lowest BCUT2D eigenvalue weighted by Crippen LogP contribution is -2.54. The number of halogens is 1. The maximum Gasteiger partial charge on any atom is 0.312 e. The molecule has 1 fully saturated rings. The van der Waals surface area contributed by atoms with E-state index < -0.39 is 11.8 Å². The number of benzene rings is 1. The minimum atomic E-state index is -0.580. The van der Waals surface area contributed by atoms with Gasteiger partial charge in [0.25, 0.3) is 0 Å². The molecule has 6 nitrogen and oxygen atoms in total. The van der Waals surface area contributed by atoms with Crippen LogP contribution in [-0.4, -0.2) is 59.7 Å². The highest BCUT2D eigenvalue weighted by molar-refractivity contribution is 9.10. The minimum Gasteiger partial charge on any atom is -0.346 e. The molecule has 25 heavy (non-hydrogen) atoms. The van der Waals surface area contributed by atoms with Gasteiger partial charge in [-0.25, -0.2) is 0 Å². The molecule has 1 heterocycles. The number of amides is 3. The Hall–Kier alpha value is -1.89. The van der Waals surface area contributed by atoms with Crippen molar-refractivity contribution in [2.24, 2.45) is 0 Å². The predicted octanol–water partition coefficient (Wildman–Crippen LogP) is 1.58. The smallest absolute Gasteiger partial charge is 0.312 e. The summed E-state index contributed by atoms with van der Waals surface area (Å²) >= 11 is 3.49. The first kappa shape index (κ1) is 19.4. The number of rotatable bonds is 4. The third kappa shape index (κ3) is 5.56. The molecule has 0 bridgehead atoms. The summed E-state index contributed by atoms with van der Waals surface area (Å²) in [6.45, 7) is 5.35. The van der Waals surface area contributed by atoms with Crippen molar-refractivity contribution in [3.05, 3.63) is 34.3 Å². The van der Waals surface area contributed by atoms with E-state index in [1.165, 1.54) is 4.90 Å². The van der Waals surface area contributed by atoms with Crippen molar-refractivity contribution >= 4 is 33.7 Å². The van der Waals surface area contributed by atoms with Gasteiger partial charge in [0, 0.05) is 43.1 Å². The maximum atomic E-state index is 12.4. The van der Waals surface area contributed by atoms with Gasteiger partial charge in [0.05, 0.1) is 0 Å². The molecular weight excluding hydrogens is 386 g/mol. The van der Waals surface area contributed by atoms with Crippen LogP contribution in [0.2, 0.25) is 0 Å². The quantitative estimate of drug-likeness (QED) is 0.767. The van der Waals surface area contributed by atoms with Gasteiger partial charge in [-0.2, -0.15) is 0 Å². The van der Waals surface area contributed by atoms with Crippen LogP contribution < -0.4 is 5.32 Å². The van der Waals surface area contributed by atoms with E-state index in [-0.39, 0.29) is 11.9 Å². The monoisotopic (exact) mass is 409 g/mol. The molecule has 0 spiro atoms. The second kappa shape index (κ2) is 8.99. The van der Waals surface area contributed by atoms with Crippen molar-refractivity contribution in [3.8, 4) is 0 Å². The number of carbonyl (C=O) groups excluding carboxylic acids is 3. The molecule has 7 heteroatoms. The minimum absolute atomic E-state index is 0.0726. The number of hydrogen-bond acceptors (Lipinski definition) is 3. The molecule has 1 N–H and O–H groups in total. The van der Waals surface area contributed by atoms with E-state index in [0.29, 0.717) is 39.0 Å². The predicted molar refractivity (Wildman–Crippen MR) is 98.9 cm³/mol. The van der Waals surface area contributed by atoms with E-state index in [2.05, 4.69) is 21.2 Å². The third-order valence-electron chi connectivity index (χ3n) is 4.10. The van der Waals surface area contributed by atoms with Gasteiger partial charge < -0.3 is 15.1 Å². The zero-order chi connectivity index (χ0) is 18.4. The van der Waals surface area contributed by atoms with Gasteiger partial charge in [-0.15, -0.1) is 0 Å². The Morgan fingerprint density at radius 3 is 2.28 bits per heavy atom. The van der Waals surface area contributed by atoms with Crippen LogP contribution >= 0.6 is 15.9 Å². The Bertz CT molecular complexity index is 640. The Morgan fingerprint density at radius 1 is 1.08 bits per heavy atom. The molecule has 1 aromatic rings. The lowest BCUT2D eigenvalue weighted by Gasteiger charge is -2.34. The van der Waals surface area contributed by atoms with E-state index in [1.807, 2.05) is 38.1 Å². The zero-order valence-electron chi connectivity index (χ0n) is 14.6. The SMILES string of the molecule is CC(C)NC(=O)C(=O)N1CCN(C(=O)CCc2ccccc2Br)CC1. The Labute approximate surface area is 156 Å². The second-order valence-corrected chi connectivity index (χ2v) is 7.25. The highest BCUT2D eigenvalue weighted by Gasteiger charge is 2.27. The Morgan fingerprint density at radius 2 is 1.68 bits per heavy atom. The van der Waals surface area contributed by atoms with Crippen molar-refractivity contribution in [2.45, 2.75) is 32.7 Å². The molecule has 3 amide bonds. The summed E-state index contributed by atoms with van der Waals surface area (Å²) < 4.78 is 1.01. The van der Waals surface area contributed by atoms with Crippen LogP contribution in [0.4, 0.5) is 0 Å². The molecular formula is C18H24BrN3O3. The fourth-order valence-corrected chi connectivity index (χ4v) is 3.21. The first-order valence-electron chi connectivity index (χ1n) is 8.49. The fourth-order valence-electron chi connectivity index (χ4n) is 2.73. The number of aryl methyl sites for hydroxylation is 1. The number of piperazine rings is 1. The fraction of sp³-hybridized carbons (Fsp3) is 0.500. The largest absolute Gasteiger partial charge is 0.346 e. The first-order chi connectivity index (χ1) is 11.9. The van der Waals surface area contributed by atoms with Crippen LogP contribution in [0.25, 0.3) is 0 Å². The van der Waals surface area contributed by atoms with Gasteiger partial charge in [-0.3, -0.25) is 14.4 Å². The van der Waals surface area contributed by atoms with Crippen molar-refractivity contribution < 1.29 is 14.4 Å². The van der Waals surface area contributed by atoms with Crippen molar-refractivity contribution in [2.75, 3.05) is 26.2 Å². The maximum absolute atomic E-state index is 12.4. The van der Waals surface area contributed by atoms with Crippen LogP contribution in [-0.2, 0) is 20.8 Å². The van der Waals surface area contributed by atoms with Crippen LogP contribution in [0.1, 0.15) is 25.8 Å². The summed E-state index contributed by atoms with van der Waals surface area (Å²) in [6.07, 6.45) is 1.11. The summed E-state index contributed by atoms with van der Waals surface area (Å²) in [5, 5.41) is 2.60. The molecule has 0 atom stereocenters. The van der Waals surface area contributed by atoms with Gasteiger partial charge in [-0.1, -0.05) is 34.1 Å². The lowest BCUT2D eigenvalue weighted by atomic mass is 10.1. The average molecular weight is 410 g/mol. The normalized spacial score (nSPS) is 14.6. The standard InChI is InChI=1S/C18H24BrN3O3/c1-13(2)20-17(24)18(25)22-11-9-21(10-12-22)16(23)8-7-14-5-3-4-6-15(14)19/h3-6,13H,7-12H2,1-2H3,(H,20,24). The molecule has 0 aromatic heterocycles. The van der Waals surface area contributed by atoms with Crippen LogP contribution in [0, 0.1) is 0 Å². The van der Waals surface area contributed by atoms with Crippen molar-refractivity contribution in [1.82, 2.24) is 15.1 Å². The molecule has 1 aliphatic heterocycles. The summed E-state index contributed by atoms with van der Waals surface area (Å²) in [5.74, 6) is -1.02. The first-order valence-corrected chi connectivity index (χ1v) is 9.28. The highest BCUT2D eigenvalue weighted by Crippen LogP contribution is 2.18.